The Morgan fingerprint density at radius 1 is 1.80 bits per heavy atom. The number of aromatic nitrogens is 2. The van der Waals surface area contributed by atoms with Gasteiger partial charge >= 0.3 is 0 Å². The Balaban J connectivity index is 2.47. The molecule has 2 unspecified atom stereocenters. The lowest BCUT2D eigenvalue weighted by Gasteiger charge is -2.14. The van der Waals surface area contributed by atoms with Crippen LogP contribution in [0, 0.1) is 0 Å². The van der Waals surface area contributed by atoms with Gasteiger partial charge in [-0.3, -0.25) is 4.79 Å². The molecular weight excluding hydrogens is 196 g/mol. The SMILES string of the molecule is CC(O)C(N)CNC(=O)c1nccn1C. The Labute approximate surface area is 88.1 Å². The smallest absolute Gasteiger partial charge is 0.287 e. The van der Waals surface area contributed by atoms with Crippen molar-refractivity contribution in [3.8, 4) is 0 Å². The standard InChI is InChI=1S/C9H16N4O2/c1-6(14)7(10)5-12-9(15)8-11-3-4-13(8)2/h3-4,6-7,14H,5,10H2,1-2H3,(H,12,15). The molecule has 0 saturated carbocycles. The molecule has 6 heteroatoms. The van der Waals surface area contributed by atoms with E-state index in [-0.39, 0.29) is 12.5 Å². The number of nitrogens with one attached hydrogen (secondary N) is 1. The van der Waals surface area contributed by atoms with E-state index in [2.05, 4.69) is 10.3 Å². The van der Waals surface area contributed by atoms with Gasteiger partial charge in [-0.15, -0.1) is 0 Å². The molecule has 0 aliphatic heterocycles. The number of carbonyl (C=O) groups is 1. The van der Waals surface area contributed by atoms with Crippen LogP contribution in [0.3, 0.4) is 0 Å². The van der Waals surface area contributed by atoms with Crippen LogP contribution < -0.4 is 11.1 Å². The van der Waals surface area contributed by atoms with Crippen LogP contribution in [0.2, 0.25) is 0 Å². The molecule has 1 rings (SSSR count). The third-order valence-electron chi connectivity index (χ3n) is 2.14. The summed E-state index contributed by atoms with van der Waals surface area (Å²) in [6.07, 6.45) is 2.58. The summed E-state index contributed by atoms with van der Waals surface area (Å²) in [5.41, 5.74) is 5.56. The summed E-state index contributed by atoms with van der Waals surface area (Å²) in [4.78, 5) is 15.4. The van der Waals surface area contributed by atoms with Crippen LogP contribution in [0.25, 0.3) is 0 Å². The number of hydrogen-bond donors (Lipinski definition) is 3. The van der Waals surface area contributed by atoms with Crippen molar-refractivity contribution in [1.82, 2.24) is 14.9 Å². The van der Waals surface area contributed by atoms with Gasteiger partial charge < -0.3 is 20.7 Å². The molecule has 0 aliphatic rings. The van der Waals surface area contributed by atoms with E-state index in [0.29, 0.717) is 5.82 Å². The molecule has 15 heavy (non-hydrogen) atoms. The van der Waals surface area contributed by atoms with Crippen LogP contribution in [0.15, 0.2) is 12.4 Å². The first-order valence-corrected chi connectivity index (χ1v) is 4.71. The number of nitrogens with two attached hydrogens (primary N) is 1. The fourth-order valence-electron chi connectivity index (χ4n) is 1.04. The predicted molar refractivity (Wildman–Crippen MR) is 55.2 cm³/mol. The Morgan fingerprint density at radius 3 is 2.93 bits per heavy atom. The number of imidazole rings is 1. The van der Waals surface area contributed by atoms with Gasteiger partial charge in [0.2, 0.25) is 0 Å². The van der Waals surface area contributed by atoms with Crippen molar-refractivity contribution < 1.29 is 9.90 Å². The van der Waals surface area contributed by atoms with Crippen molar-refractivity contribution in [2.75, 3.05) is 6.54 Å². The Morgan fingerprint density at radius 2 is 2.47 bits per heavy atom. The fourth-order valence-corrected chi connectivity index (χ4v) is 1.04. The Kier molecular flexibility index (Phi) is 3.81. The molecule has 1 heterocycles. The van der Waals surface area contributed by atoms with E-state index >= 15 is 0 Å². The van der Waals surface area contributed by atoms with Gasteiger partial charge in [-0.1, -0.05) is 0 Å². The van der Waals surface area contributed by atoms with Crippen LogP contribution in [-0.2, 0) is 7.05 Å². The number of aliphatic hydroxyl groups is 1. The highest BCUT2D eigenvalue weighted by atomic mass is 16.3. The van der Waals surface area contributed by atoms with Crippen LogP contribution in [0.5, 0.6) is 0 Å². The molecule has 0 saturated heterocycles. The van der Waals surface area contributed by atoms with E-state index in [1.807, 2.05) is 0 Å². The van der Waals surface area contributed by atoms with E-state index in [1.54, 1.807) is 30.9 Å². The zero-order chi connectivity index (χ0) is 11.4. The molecule has 1 amide bonds. The highest BCUT2D eigenvalue weighted by molar-refractivity contribution is 5.90. The maximum atomic E-state index is 11.5. The Bertz CT molecular complexity index is 335. The number of carbonyl (C=O) groups excluding carboxylic acids is 1. The maximum Gasteiger partial charge on any atom is 0.287 e. The number of amides is 1. The molecule has 0 spiro atoms. The van der Waals surface area contributed by atoms with E-state index in [1.165, 1.54) is 0 Å². The second-order valence-corrected chi connectivity index (χ2v) is 3.48. The molecule has 1 aromatic heterocycles. The van der Waals surface area contributed by atoms with Crippen molar-refractivity contribution in [3.63, 3.8) is 0 Å². The number of nitrogens with zero attached hydrogens (tertiary/aromatic N) is 2. The number of rotatable bonds is 4. The minimum atomic E-state index is -0.647. The molecule has 0 radical (unpaired) electrons. The van der Waals surface area contributed by atoms with Gasteiger partial charge in [0.15, 0.2) is 5.82 Å². The van der Waals surface area contributed by atoms with E-state index in [9.17, 15) is 4.79 Å². The number of aryl methyl sites for hydroxylation is 1. The summed E-state index contributed by atoms with van der Waals surface area (Å²) in [6, 6.07) is -0.464. The number of aliphatic hydroxyl groups excluding tert-OH is 1. The van der Waals surface area contributed by atoms with Gasteiger partial charge in [0.1, 0.15) is 0 Å². The first kappa shape index (κ1) is 11.7. The van der Waals surface area contributed by atoms with E-state index < -0.39 is 12.1 Å². The minimum absolute atomic E-state index is 0.226. The van der Waals surface area contributed by atoms with Gasteiger partial charge in [-0.25, -0.2) is 4.98 Å². The maximum absolute atomic E-state index is 11.5. The molecule has 0 fully saturated rings. The van der Waals surface area contributed by atoms with Crippen LogP contribution in [-0.4, -0.2) is 39.3 Å². The average Bonchev–Trinajstić information content (AvgIpc) is 2.60. The zero-order valence-corrected chi connectivity index (χ0v) is 8.84. The normalized spacial score (nSPS) is 14.7. The predicted octanol–water partition coefficient (Wildman–Crippen LogP) is -1.14. The number of hydrogen-bond acceptors (Lipinski definition) is 4. The first-order chi connectivity index (χ1) is 7.02. The molecule has 1 aromatic rings. The van der Waals surface area contributed by atoms with Crippen LogP contribution >= 0.6 is 0 Å². The molecule has 84 valence electrons. The Hall–Kier alpha value is -1.40. The topological polar surface area (TPSA) is 93.2 Å². The molecule has 0 aliphatic carbocycles. The minimum Gasteiger partial charge on any atom is -0.392 e. The summed E-state index contributed by atoms with van der Waals surface area (Å²) in [5, 5.41) is 11.7. The molecule has 0 bridgehead atoms. The molecular formula is C9H16N4O2. The quantitative estimate of drug-likeness (QED) is 0.588. The van der Waals surface area contributed by atoms with Gasteiger partial charge in [-0.05, 0) is 6.92 Å². The second kappa shape index (κ2) is 4.90. The molecule has 2 atom stereocenters. The lowest BCUT2D eigenvalue weighted by atomic mass is 10.2. The van der Waals surface area contributed by atoms with Gasteiger partial charge in [0, 0.05) is 32.0 Å². The van der Waals surface area contributed by atoms with Crippen molar-refractivity contribution >= 4 is 5.91 Å². The van der Waals surface area contributed by atoms with Crippen molar-refractivity contribution in [2.24, 2.45) is 12.8 Å². The van der Waals surface area contributed by atoms with Crippen molar-refractivity contribution in [1.29, 1.82) is 0 Å². The average molecular weight is 212 g/mol. The summed E-state index contributed by atoms with van der Waals surface area (Å²) < 4.78 is 1.61. The molecule has 0 aromatic carbocycles. The fraction of sp³-hybridized carbons (Fsp3) is 0.556. The molecule has 4 N–H and O–H groups in total. The monoisotopic (exact) mass is 212 g/mol. The first-order valence-electron chi connectivity index (χ1n) is 4.71. The van der Waals surface area contributed by atoms with Gasteiger partial charge in [-0.2, -0.15) is 0 Å². The summed E-state index contributed by atoms with van der Waals surface area (Å²) in [5.74, 6) is 0.0337. The third-order valence-corrected chi connectivity index (χ3v) is 2.14. The highest BCUT2D eigenvalue weighted by Crippen LogP contribution is 1.94. The lowest BCUT2D eigenvalue weighted by Crippen LogP contribution is -2.44. The summed E-state index contributed by atoms with van der Waals surface area (Å²) >= 11 is 0. The van der Waals surface area contributed by atoms with Crippen molar-refractivity contribution in [3.05, 3.63) is 18.2 Å². The summed E-state index contributed by atoms with van der Waals surface area (Å²) in [7, 11) is 1.73. The second-order valence-electron chi connectivity index (χ2n) is 3.48. The van der Waals surface area contributed by atoms with Crippen LogP contribution in [0.4, 0.5) is 0 Å². The van der Waals surface area contributed by atoms with E-state index in [0.717, 1.165) is 0 Å². The molecule has 6 nitrogen and oxygen atoms in total. The van der Waals surface area contributed by atoms with Crippen LogP contribution in [0.1, 0.15) is 17.5 Å². The third kappa shape index (κ3) is 3.03. The lowest BCUT2D eigenvalue weighted by molar-refractivity contribution is 0.0924. The highest BCUT2D eigenvalue weighted by Gasteiger charge is 2.14. The summed E-state index contributed by atoms with van der Waals surface area (Å²) in [6.45, 7) is 1.81. The largest absolute Gasteiger partial charge is 0.392 e. The zero-order valence-electron chi connectivity index (χ0n) is 8.84. The van der Waals surface area contributed by atoms with Gasteiger partial charge in [0.25, 0.3) is 5.91 Å². The van der Waals surface area contributed by atoms with Crippen molar-refractivity contribution in [2.45, 2.75) is 19.1 Å². The van der Waals surface area contributed by atoms with E-state index in [4.69, 9.17) is 10.8 Å². The van der Waals surface area contributed by atoms with Gasteiger partial charge in [0.05, 0.1) is 6.10 Å².